The van der Waals surface area contributed by atoms with Crippen molar-refractivity contribution in [2.75, 3.05) is 13.1 Å². The summed E-state index contributed by atoms with van der Waals surface area (Å²) < 4.78 is 1.12. The summed E-state index contributed by atoms with van der Waals surface area (Å²) in [5.41, 5.74) is 8.12. The van der Waals surface area contributed by atoms with Gasteiger partial charge in [-0.2, -0.15) is 0 Å². The number of azide groups is 1. The molecule has 0 spiro atoms. The molecule has 0 unspecified atom stereocenters. The lowest BCUT2D eigenvalue weighted by Gasteiger charge is -2.01. The summed E-state index contributed by atoms with van der Waals surface area (Å²) >= 11 is 1.50. The smallest absolute Gasteiger partial charge is 0.261 e. The molecule has 0 aliphatic carbocycles. The Kier molecular flexibility index (Phi) is 4.78. The first-order valence-corrected chi connectivity index (χ1v) is 6.90. The van der Waals surface area contributed by atoms with Crippen molar-refractivity contribution in [1.82, 2.24) is 5.32 Å². The molecule has 1 aromatic heterocycles. The van der Waals surface area contributed by atoms with Gasteiger partial charge in [0.05, 0.1) is 4.88 Å². The topological polar surface area (TPSA) is 77.9 Å². The predicted octanol–water partition coefficient (Wildman–Crippen LogP) is 3.72. The van der Waals surface area contributed by atoms with E-state index in [9.17, 15) is 4.79 Å². The van der Waals surface area contributed by atoms with E-state index in [0.29, 0.717) is 13.1 Å². The number of amides is 1. The predicted molar refractivity (Wildman–Crippen MR) is 77.4 cm³/mol. The van der Waals surface area contributed by atoms with Gasteiger partial charge in [0.25, 0.3) is 5.91 Å². The molecule has 1 amide bonds. The van der Waals surface area contributed by atoms with Crippen LogP contribution in [0.5, 0.6) is 0 Å². The molecule has 0 atom stereocenters. The Morgan fingerprint density at radius 1 is 1.37 bits per heavy atom. The van der Waals surface area contributed by atoms with Crippen LogP contribution in [0.15, 0.2) is 35.4 Å². The van der Waals surface area contributed by atoms with Crippen molar-refractivity contribution >= 4 is 27.3 Å². The number of carbonyl (C=O) groups is 1. The van der Waals surface area contributed by atoms with Gasteiger partial charge in [0, 0.05) is 22.7 Å². The second-order valence-electron chi connectivity index (χ2n) is 4.07. The molecule has 2 aromatic rings. The molecule has 1 aromatic carbocycles. The van der Waals surface area contributed by atoms with Crippen molar-refractivity contribution in [1.29, 1.82) is 0 Å². The maximum atomic E-state index is 11.9. The minimum atomic E-state index is -0.0371. The molecule has 1 heterocycles. The molecule has 0 aliphatic rings. The zero-order valence-corrected chi connectivity index (χ0v) is 11.2. The lowest BCUT2D eigenvalue weighted by Crippen LogP contribution is -2.23. The van der Waals surface area contributed by atoms with E-state index in [-0.39, 0.29) is 5.91 Å². The van der Waals surface area contributed by atoms with Crippen molar-refractivity contribution in [3.63, 3.8) is 0 Å². The molecule has 98 valence electrons. The van der Waals surface area contributed by atoms with E-state index in [4.69, 9.17) is 5.53 Å². The summed E-state index contributed by atoms with van der Waals surface area (Å²) in [4.78, 5) is 15.3. The number of fused-ring (bicyclic) bond motifs is 1. The quantitative estimate of drug-likeness (QED) is 0.370. The molecule has 0 saturated carbocycles. The van der Waals surface area contributed by atoms with E-state index in [0.717, 1.165) is 27.8 Å². The molecular formula is C13H14N4OS. The molecular weight excluding hydrogens is 260 g/mol. The SMILES string of the molecule is [N-]=[N+]=NCCCCNC(=O)c1cc2ccccc2s1. The highest BCUT2D eigenvalue weighted by Crippen LogP contribution is 2.24. The Hall–Kier alpha value is -2.04. The third-order valence-electron chi connectivity index (χ3n) is 2.68. The lowest BCUT2D eigenvalue weighted by atomic mass is 10.2. The molecule has 5 nitrogen and oxygen atoms in total. The van der Waals surface area contributed by atoms with Crippen LogP contribution in [0.1, 0.15) is 22.5 Å². The molecule has 0 radical (unpaired) electrons. The largest absolute Gasteiger partial charge is 0.351 e. The maximum Gasteiger partial charge on any atom is 0.261 e. The fourth-order valence-corrected chi connectivity index (χ4v) is 2.71. The van der Waals surface area contributed by atoms with Gasteiger partial charge in [0.1, 0.15) is 0 Å². The standard InChI is InChI=1S/C13H14N4OS/c14-17-16-8-4-3-7-15-13(18)12-9-10-5-1-2-6-11(10)19-12/h1-2,5-6,9H,3-4,7-8H2,(H,15,18). The maximum absolute atomic E-state index is 11.9. The van der Waals surface area contributed by atoms with Crippen molar-refractivity contribution in [2.24, 2.45) is 5.11 Å². The number of benzene rings is 1. The Labute approximate surface area is 114 Å². The zero-order chi connectivity index (χ0) is 13.5. The molecule has 0 fully saturated rings. The van der Waals surface area contributed by atoms with Gasteiger partial charge in [-0.1, -0.05) is 23.3 Å². The first-order valence-electron chi connectivity index (χ1n) is 6.09. The van der Waals surface area contributed by atoms with E-state index in [1.165, 1.54) is 11.3 Å². The van der Waals surface area contributed by atoms with E-state index in [1.54, 1.807) is 0 Å². The van der Waals surface area contributed by atoms with Crippen LogP contribution in [0.2, 0.25) is 0 Å². The number of nitrogens with one attached hydrogen (secondary N) is 1. The van der Waals surface area contributed by atoms with Gasteiger partial charge in [-0.3, -0.25) is 4.79 Å². The first kappa shape index (κ1) is 13.4. The first-order chi connectivity index (χ1) is 9.31. The summed E-state index contributed by atoms with van der Waals surface area (Å²) in [7, 11) is 0. The normalized spacial score (nSPS) is 10.1. The number of carbonyl (C=O) groups excluding carboxylic acids is 1. The number of hydrogen-bond acceptors (Lipinski definition) is 3. The highest BCUT2D eigenvalue weighted by Gasteiger charge is 2.08. The van der Waals surface area contributed by atoms with Gasteiger partial charge in [0.15, 0.2) is 0 Å². The van der Waals surface area contributed by atoms with Crippen LogP contribution >= 0.6 is 11.3 Å². The minimum absolute atomic E-state index is 0.0371. The van der Waals surface area contributed by atoms with Crippen LogP contribution in [0.4, 0.5) is 0 Å². The number of unbranched alkanes of at least 4 members (excludes halogenated alkanes) is 1. The van der Waals surface area contributed by atoms with Crippen molar-refractivity contribution < 1.29 is 4.79 Å². The average molecular weight is 274 g/mol. The van der Waals surface area contributed by atoms with Crippen molar-refractivity contribution in [2.45, 2.75) is 12.8 Å². The van der Waals surface area contributed by atoms with Gasteiger partial charge in [0.2, 0.25) is 0 Å². The number of hydrogen-bond donors (Lipinski definition) is 1. The Balaban J connectivity index is 1.84. The van der Waals surface area contributed by atoms with E-state index in [1.807, 2.05) is 30.3 Å². The molecule has 0 aliphatic heterocycles. The van der Waals surface area contributed by atoms with Crippen LogP contribution in [0.3, 0.4) is 0 Å². The highest BCUT2D eigenvalue weighted by atomic mass is 32.1. The molecule has 1 N–H and O–H groups in total. The van der Waals surface area contributed by atoms with E-state index in [2.05, 4.69) is 15.3 Å². The van der Waals surface area contributed by atoms with E-state index < -0.39 is 0 Å². The summed E-state index contributed by atoms with van der Waals surface area (Å²) in [6, 6.07) is 9.86. The number of thiophene rings is 1. The number of nitrogens with zero attached hydrogens (tertiary/aromatic N) is 3. The van der Waals surface area contributed by atoms with Crippen LogP contribution in [-0.2, 0) is 0 Å². The van der Waals surface area contributed by atoms with Gasteiger partial charge in [-0.15, -0.1) is 11.3 Å². The molecule has 19 heavy (non-hydrogen) atoms. The van der Waals surface area contributed by atoms with Crippen LogP contribution in [-0.4, -0.2) is 19.0 Å². The second kappa shape index (κ2) is 6.78. The van der Waals surface area contributed by atoms with Crippen molar-refractivity contribution in [3.05, 3.63) is 45.7 Å². The fourth-order valence-electron chi connectivity index (χ4n) is 1.74. The third kappa shape index (κ3) is 3.71. The van der Waals surface area contributed by atoms with Gasteiger partial charge >= 0.3 is 0 Å². The lowest BCUT2D eigenvalue weighted by molar-refractivity contribution is 0.0957. The molecule has 6 heteroatoms. The molecule has 2 rings (SSSR count). The number of rotatable bonds is 6. The Morgan fingerprint density at radius 2 is 2.21 bits per heavy atom. The average Bonchev–Trinajstić information content (AvgIpc) is 2.86. The Morgan fingerprint density at radius 3 is 3.00 bits per heavy atom. The van der Waals surface area contributed by atoms with Crippen LogP contribution in [0, 0.1) is 0 Å². The van der Waals surface area contributed by atoms with Gasteiger partial charge in [-0.25, -0.2) is 0 Å². The van der Waals surface area contributed by atoms with Gasteiger partial charge in [-0.05, 0) is 35.9 Å². The zero-order valence-electron chi connectivity index (χ0n) is 10.4. The summed E-state index contributed by atoms with van der Waals surface area (Å²) in [5.74, 6) is -0.0371. The third-order valence-corrected chi connectivity index (χ3v) is 3.80. The highest BCUT2D eigenvalue weighted by molar-refractivity contribution is 7.20. The summed E-state index contributed by atoms with van der Waals surface area (Å²) in [6.07, 6.45) is 1.60. The van der Waals surface area contributed by atoms with Crippen molar-refractivity contribution in [3.8, 4) is 0 Å². The fraction of sp³-hybridized carbons (Fsp3) is 0.308. The second-order valence-corrected chi connectivity index (χ2v) is 5.15. The van der Waals surface area contributed by atoms with Crippen LogP contribution < -0.4 is 5.32 Å². The minimum Gasteiger partial charge on any atom is -0.351 e. The summed E-state index contributed by atoms with van der Waals surface area (Å²) in [6.45, 7) is 1.09. The molecule has 0 saturated heterocycles. The van der Waals surface area contributed by atoms with Gasteiger partial charge < -0.3 is 5.32 Å². The Bertz CT molecular complexity index is 583. The van der Waals surface area contributed by atoms with Crippen LogP contribution in [0.25, 0.3) is 20.5 Å². The van der Waals surface area contributed by atoms with E-state index >= 15 is 0 Å². The monoisotopic (exact) mass is 274 g/mol. The molecule has 0 bridgehead atoms. The summed E-state index contributed by atoms with van der Waals surface area (Å²) in [5, 5.41) is 7.42.